The van der Waals surface area contributed by atoms with E-state index in [1.807, 2.05) is 0 Å². The molecule has 0 aromatic heterocycles. The lowest BCUT2D eigenvalue weighted by molar-refractivity contribution is -0.128. The van der Waals surface area contributed by atoms with Gasteiger partial charge < -0.3 is 0 Å². The summed E-state index contributed by atoms with van der Waals surface area (Å²) >= 11 is 0. The molecule has 0 rings (SSSR count). The molecule has 0 aromatic rings. The van der Waals surface area contributed by atoms with Crippen LogP contribution in [0.25, 0.3) is 0 Å². The van der Waals surface area contributed by atoms with Gasteiger partial charge in [-0.1, -0.05) is 0 Å². The molecule has 0 radical (unpaired) electrons. The van der Waals surface area contributed by atoms with Gasteiger partial charge in [0.25, 0.3) is 0 Å². The normalized spacial score (nSPS) is 6.60. The highest BCUT2D eigenvalue weighted by molar-refractivity contribution is 3.88. The van der Waals surface area contributed by atoms with Crippen molar-refractivity contribution >= 4 is 0 Å². The molecule has 5 heavy (non-hydrogen) atoms. The first-order valence-electron chi connectivity index (χ1n) is 0.793. The van der Waals surface area contributed by atoms with E-state index in [1.165, 1.54) is 0 Å². The molecule has 0 spiro atoms. The van der Waals surface area contributed by atoms with Crippen molar-refractivity contribution in [2.75, 3.05) is 0 Å². The number of nitrogens with zero attached hydrogens (tertiary/aromatic N) is 1. The first kappa shape index (κ1) is 4.32. The Morgan fingerprint density at radius 2 is 2.60 bits per heavy atom. The van der Waals surface area contributed by atoms with E-state index in [0.717, 1.165) is 5.64 Å². The first-order valence-corrected chi connectivity index (χ1v) is 0.793. The van der Waals surface area contributed by atoms with Crippen molar-refractivity contribution in [1.82, 2.24) is 5.64 Å². The minimum absolute atomic E-state index is 1.04. The first-order chi connectivity index (χ1) is 2.41. The molecule has 0 saturated heterocycles. The molecule has 5 nitrogen and oxygen atoms in total. The largest absolute Gasteiger partial charge is 0.281 e. The van der Waals surface area contributed by atoms with Gasteiger partial charge in [-0.25, -0.2) is 4.94 Å². The van der Waals surface area contributed by atoms with Crippen LogP contribution in [-0.4, -0.2) is 5.21 Å². The Balaban J connectivity index is 2.40. The molecule has 5 heteroatoms. The highest BCUT2D eigenvalue weighted by Gasteiger charge is 1.60. The Hall–Kier alpha value is -0.680. The van der Waals surface area contributed by atoms with Crippen molar-refractivity contribution in [3.8, 4) is 0 Å². The van der Waals surface area contributed by atoms with E-state index in [4.69, 9.17) is 10.1 Å². The van der Waals surface area contributed by atoms with Crippen LogP contribution in [0.5, 0.6) is 0 Å². The Bertz CT molecular complexity index is 26.1. The summed E-state index contributed by atoms with van der Waals surface area (Å²) in [6.45, 7) is 0. The fourth-order valence-corrected chi connectivity index (χ4v) is 0.0167. The van der Waals surface area contributed by atoms with E-state index < -0.39 is 0 Å². The average Bonchev–Trinajstić information content (AvgIpc) is 1.41. The van der Waals surface area contributed by atoms with Crippen LogP contribution in [0, 0.1) is 4.91 Å². The lowest BCUT2D eigenvalue weighted by Gasteiger charge is -1.76. The zero-order valence-corrected chi connectivity index (χ0v) is 2.21. The van der Waals surface area contributed by atoms with Gasteiger partial charge >= 0.3 is 0 Å². The van der Waals surface area contributed by atoms with E-state index in [-0.39, 0.29) is 0 Å². The fourth-order valence-electron chi connectivity index (χ4n) is 0.0167. The SMILES string of the molecule is O=NONO. The average molecular weight is 78.0 g/mol. The number of rotatable bonds is 2. The minimum Gasteiger partial charge on any atom is -0.281 e. The van der Waals surface area contributed by atoms with Crippen molar-refractivity contribution in [2.45, 2.75) is 0 Å². The fraction of sp³-hybridized carbons (Fsp3) is 0. The van der Waals surface area contributed by atoms with Gasteiger partial charge in [0, 0.05) is 0 Å². The highest BCUT2D eigenvalue weighted by atomic mass is 16.9. The third kappa shape index (κ3) is 3.32. The summed E-state index contributed by atoms with van der Waals surface area (Å²) in [6, 6.07) is 0. The molecule has 2 N–H and O–H groups in total. The van der Waals surface area contributed by atoms with E-state index in [1.54, 1.807) is 5.34 Å². The standard InChI is InChI=1S/H2N2O3/c3-1-5-2-4/h1,3H. The van der Waals surface area contributed by atoms with Gasteiger partial charge in [0.05, 0.1) is 0 Å². The van der Waals surface area contributed by atoms with Crippen molar-refractivity contribution in [2.24, 2.45) is 5.34 Å². The quantitative estimate of drug-likeness (QED) is 0.347. The maximum absolute atomic E-state index is 8.71. The van der Waals surface area contributed by atoms with E-state index in [0.29, 0.717) is 0 Å². The van der Waals surface area contributed by atoms with Crippen molar-refractivity contribution in [1.29, 1.82) is 0 Å². The van der Waals surface area contributed by atoms with Gasteiger partial charge in [-0.2, -0.15) is 0 Å². The Kier molecular flexibility index (Phi) is 2.87. The second-order valence-corrected chi connectivity index (χ2v) is 0.257. The van der Waals surface area contributed by atoms with E-state index >= 15 is 0 Å². The molecule has 0 saturated carbocycles. The monoisotopic (exact) mass is 78.0 g/mol. The van der Waals surface area contributed by atoms with Gasteiger partial charge in [-0.05, 0) is 5.64 Å². The maximum atomic E-state index is 8.71. The minimum atomic E-state index is 1.04. The Labute approximate surface area is 27.4 Å². The lowest BCUT2D eigenvalue weighted by atomic mass is 13.1. The molecule has 0 aromatic carbocycles. The van der Waals surface area contributed by atoms with Gasteiger partial charge in [-0.3, -0.25) is 5.21 Å². The van der Waals surface area contributed by atoms with Crippen LogP contribution in [0.4, 0.5) is 0 Å². The van der Waals surface area contributed by atoms with Gasteiger partial charge in [0.15, 0.2) is 5.34 Å². The molecule has 0 aliphatic rings. The second kappa shape index (κ2) is 3.32. The summed E-state index contributed by atoms with van der Waals surface area (Å²) in [6.07, 6.45) is 0. The van der Waals surface area contributed by atoms with E-state index in [2.05, 4.69) is 4.94 Å². The number of nitrogens with one attached hydrogen (secondary N) is 1. The number of hydrogen-bond donors (Lipinski definition) is 2. The molecule has 30 valence electrons. The second-order valence-electron chi connectivity index (χ2n) is 0.257. The van der Waals surface area contributed by atoms with Crippen LogP contribution in [0.2, 0.25) is 0 Å². The van der Waals surface area contributed by atoms with Crippen LogP contribution in [0.15, 0.2) is 5.34 Å². The third-order valence-corrected chi connectivity index (χ3v) is 0.0781. The summed E-state index contributed by atoms with van der Waals surface area (Å²) in [4.78, 5) is 11.9. The highest BCUT2D eigenvalue weighted by Crippen LogP contribution is 1.52. The van der Waals surface area contributed by atoms with Gasteiger partial charge in [0.1, 0.15) is 0 Å². The summed E-state index contributed by atoms with van der Waals surface area (Å²) < 4.78 is 0. The van der Waals surface area contributed by atoms with Crippen molar-refractivity contribution < 1.29 is 10.1 Å². The van der Waals surface area contributed by atoms with Crippen LogP contribution >= 0.6 is 0 Å². The van der Waals surface area contributed by atoms with Gasteiger partial charge in [-0.15, -0.1) is 4.91 Å². The predicted octanol–water partition coefficient (Wildman–Crippen LogP) is -0.422. The number of hydrogen-bond acceptors (Lipinski definition) is 5. The molecule has 0 amide bonds. The summed E-state index contributed by atoms with van der Waals surface area (Å²) in [5.41, 5.74) is 1.04. The third-order valence-electron chi connectivity index (χ3n) is 0.0781. The van der Waals surface area contributed by atoms with Crippen LogP contribution in [0.1, 0.15) is 0 Å². The van der Waals surface area contributed by atoms with Crippen LogP contribution < -0.4 is 5.64 Å². The van der Waals surface area contributed by atoms with Crippen LogP contribution in [-0.2, 0) is 4.94 Å². The van der Waals surface area contributed by atoms with Crippen molar-refractivity contribution in [3.63, 3.8) is 0 Å². The molecule has 0 fully saturated rings. The maximum Gasteiger partial charge on any atom is 0.178 e. The smallest absolute Gasteiger partial charge is 0.178 e. The summed E-state index contributed by atoms with van der Waals surface area (Å²) in [5.74, 6) is 0. The molecule has 0 aliphatic heterocycles. The van der Waals surface area contributed by atoms with E-state index in [9.17, 15) is 0 Å². The molecule has 0 atom stereocenters. The molecular weight excluding hydrogens is 76.0 g/mol. The molecule has 0 heterocycles. The zero-order valence-electron chi connectivity index (χ0n) is 2.21. The molecule has 0 unspecified atom stereocenters. The predicted molar refractivity (Wildman–Crippen MR) is 11.8 cm³/mol. The lowest BCUT2D eigenvalue weighted by Crippen LogP contribution is -2.00. The molecule has 0 aliphatic carbocycles. The van der Waals surface area contributed by atoms with Crippen molar-refractivity contribution in [3.05, 3.63) is 4.91 Å². The topological polar surface area (TPSA) is 70.9 Å². The zero-order chi connectivity index (χ0) is 4.12. The van der Waals surface area contributed by atoms with Crippen LogP contribution in [0.3, 0.4) is 0 Å². The molecular formula is H2N2O3. The Morgan fingerprint density at radius 3 is 2.60 bits per heavy atom. The Morgan fingerprint density at radius 1 is 2.00 bits per heavy atom. The summed E-state index contributed by atoms with van der Waals surface area (Å²) in [5, 5.41) is 9.04. The summed E-state index contributed by atoms with van der Waals surface area (Å²) in [7, 11) is 0. The van der Waals surface area contributed by atoms with Gasteiger partial charge in [0.2, 0.25) is 0 Å². The molecule has 0 bridgehead atoms.